The summed E-state index contributed by atoms with van der Waals surface area (Å²) in [5, 5.41) is 5.76. The summed E-state index contributed by atoms with van der Waals surface area (Å²) in [5.41, 5.74) is 2.78. The van der Waals surface area contributed by atoms with E-state index in [1.54, 1.807) is 12.3 Å². The Kier molecular flexibility index (Phi) is 8.84. The van der Waals surface area contributed by atoms with Crippen LogP contribution in [0.5, 0.6) is 0 Å². The molecule has 1 N–H and O–H groups in total. The molecule has 180 valence electrons. The van der Waals surface area contributed by atoms with Gasteiger partial charge in [-0.3, -0.25) is 14.9 Å². The largest absolute Gasteiger partial charge is 0.367 e. The summed E-state index contributed by atoms with van der Waals surface area (Å²) < 4.78 is 0. The standard InChI is InChI=1S/C23H25ClN6O2S.ClH/c1-28(2)14-21(31)30-11-9-29(10-12-30)16-7-8-19(25-13-16)22(32)27-23-26-20(15-33-23)17-5-3-4-6-18(17)24;/h3-8,13,15H,9-12,14H2,1-2H3,(H,26,27,32);1H. The predicted octanol–water partition coefficient (Wildman–Crippen LogP) is 3.74. The maximum absolute atomic E-state index is 12.6. The Morgan fingerprint density at radius 2 is 1.85 bits per heavy atom. The van der Waals surface area contributed by atoms with Crippen molar-refractivity contribution in [1.82, 2.24) is 19.8 Å². The van der Waals surface area contributed by atoms with Gasteiger partial charge in [0.15, 0.2) is 5.13 Å². The first-order valence-corrected chi connectivity index (χ1v) is 11.8. The van der Waals surface area contributed by atoms with Gasteiger partial charge in [0, 0.05) is 42.1 Å². The molecule has 0 unspecified atom stereocenters. The van der Waals surface area contributed by atoms with Crippen LogP contribution in [0.3, 0.4) is 0 Å². The summed E-state index contributed by atoms with van der Waals surface area (Å²) in [6.07, 6.45) is 1.70. The van der Waals surface area contributed by atoms with Crippen molar-refractivity contribution in [2.24, 2.45) is 0 Å². The first-order valence-electron chi connectivity index (χ1n) is 10.6. The molecule has 1 aliphatic heterocycles. The summed E-state index contributed by atoms with van der Waals surface area (Å²) in [7, 11) is 3.79. The molecule has 0 bridgehead atoms. The molecule has 1 saturated heterocycles. The topological polar surface area (TPSA) is 81.7 Å². The molecule has 0 aliphatic carbocycles. The molecule has 8 nitrogen and oxygen atoms in total. The second-order valence-corrected chi connectivity index (χ2v) is 9.24. The van der Waals surface area contributed by atoms with Gasteiger partial charge in [0.05, 0.1) is 24.1 Å². The van der Waals surface area contributed by atoms with Gasteiger partial charge < -0.3 is 14.7 Å². The van der Waals surface area contributed by atoms with E-state index in [1.165, 1.54) is 11.3 Å². The van der Waals surface area contributed by atoms with Crippen molar-refractivity contribution in [3.63, 3.8) is 0 Å². The number of carbonyl (C=O) groups excluding carboxylic acids is 2. The number of carbonyl (C=O) groups is 2. The minimum Gasteiger partial charge on any atom is -0.367 e. The van der Waals surface area contributed by atoms with E-state index in [9.17, 15) is 9.59 Å². The zero-order chi connectivity index (χ0) is 23.4. The van der Waals surface area contributed by atoms with Gasteiger partial charge >= 0.3 is 0 Å². The van der Waals surface area contributed by atoms with Crippen molar-refractivity contribution in [2.45, 2.75) is 0 Å². The quantitative estimate of drug-likeness (QED) is 0.533. The number of hydrogen-bond donors (Lipinski definition) is 1. The molecule has 0 saturated carbocycles. The van der Waals surface area contributed by atoms with Gasteiger partial charge in [0.1, 0.15) is 5.69 Å². The van der Waals surface area contributed by atoms with Crippen molar-refractivity contribution < 1.29 is 9.59 Å². The number of likely N-dealkylation sites (N-methyl/N-ethyl adjacent to an activating group) is 1. The molecule has 1 fully saturated rings. The third-order valence-corrected chi connectivity index (χ3v) is 6.39. The van der Waals surface area contributed by atoms with Crippen molar-refractivity contribution >= 4 is 58.0 Å². The van der Waals surface area contributed by atoms with E-state index in [2.05, 4.69) is 20.2 Å². The van der Waals surface area contributed by atoms with Crippen LogP contribution in [-0.2, 0) is 4.79 Å². The minimum atomic E-state index is -0.319. The summed E-state index contributed by atoms with van der Waals surface area (Å²) in [4.78, 5) is 39.6. The van der Waals surface area contributed by atoms with Gasteiger partial charge in [-0.2, -0.15) is 0 Å². The van der Waals surface area contributed by atoms with E-state index in [-0.39, 0.29) is 24.2 Å². The Morgan fingerprint density at radius 1 is 1.12 bits per heavy atom. The number of hydrogen-bond acceptors (Lipinski definition) is 7. The normalized spacial score (nSPS) is 13.5. The maximum atomic E-state index is 12.6. The number of halogens is 2. The summed E-state index contributed by atoms with van der Waals surface area (Å²) in [5.74, 6) is -0.176. The number of piperazine rings is 1. The molecule has 34 heavy (non-hydrogen) atoms. The first-order chi connectivity index (χ1) is 15.9. The number of nitrogens with one attached hydrogen (secondary N) is 1. The van der Waals surface area contributed by atoms with Crippen molar-refractivity contribution in [2.75, 3.05) is 57.0 Å². The lowest BCUT2D eigenvalue weighted by Crippen LogP contribution is -2.50. The second kappa shape index (κ2) is 11.6. The van der Waals surface area contributed by atoms with Gasteiger partial charge in [-0.25, -0.2) is 9.97 Å². The van der Waals surface area contributed by atoms with Gasteiger partial charge in [0.2, 0.25) is 5.91 Å². The van der Waals surface area contributed by atoms with Crippen molar-refractivity contribution in [3.8, 4) is 11.3 Å². The lowest BCUT2D eigenvalue weighted by atomic mass is 10.2. The highest BCUT2D eigenvalue weighted by atomic mass is 35.5. The average Bonchev–Trinajstić information content (AvgIpc) is 3.27. The van der Waals surface area contributed by atoms with Crippen LogP contribution in [0, 0.1) is 0 Å². The van der Waals surface area contributed by atoms with Crippen LogP contribution in [0.25, 0.3) is 11.3 Å². The van der Waals surface area contributed by atoms with E-state index in [1.807, 2.05) is 59.6 Å². The van der Waals surface area contributed by atoms with Crippen LogP contribution < -0.4 is 10.2 Å². The highest BCUT2D eigenvalue weighted by molar-refractivity contribution is 7.14. The Hall–Kier alpha value is -2.72. The molecular weight excluding hydrogens is 495 g/mol. The Labute approximate surface area is 214 Å². The minimum absolute atomic E-state index is 0. The lowest BCUT2D eigenvalue weighted by molar-refractivity contribution is -0.132. The first kappa shape index (κ1) is 25.9. The molecular formula is C23H26Cl2N6O2S. The molecule has 0 radical (unpaired) electrons. The summed E-state index contributed by atoms with van der Waals surface area (Å²) in [6, 6.07) is 11.0. The fraction of sp³-hybridized carbons (Fsp3) is 0.304. The zero-order valence-corrected chi connectivity index (χ0v) is 21.3. The lowest BCUT2D eigenvalue weighted by Gasteiger charge is -2.36. The van der Waals surface area contributed by atoms with Gasteiger partial charge in [-0.15, -0.1) is 23.7 Å². The fourth-order valence-corrected chi connectivity index (χ4v) is 4.52. The van der Waals surface area contributed by atoms with Crippen molar-refractivity contribution in [1.29, 1.82) is 0 Å². The molecule has 2 amide bonds. The Morgan fingerprint density at radius 3 is 2.50 bits per heavy atom. The third kappa shape index (κ3) is 6.24. The molecule has 1 aliphatic rings. The Balaban J connectivity index is 0.00000324. The summed E-state index contributed by atoms with van der Waals surface area (Å²) >= 11 is 7.57. The molecule has 1 aromatic carbocycles. The van der Waals surface area contributed by atoms with Gasteiger partial charge in [-0.05, 0) is 32.3 Å². The molecule has 11 heteroatoms. The molecule has 3 aromatic rings. The van der Waals surface area contributed by atoms with Crippen molar-refractivity contribution in [3.05, 3.63) is 58.7 Å². The van der Waals surface area contributed by atoms with Gasteiger partial charge in [-0.1, -0.05) is 29.8 Å². The van der Waals surface area contributed by atoms with E-state index in [0.29, 0.717) is 41.2 Å². The van der Waals surface area contributed by atoms with Gasteiger partial charge in [0.25, 0.3) is 5.91 Å². The molecule has 0 atom stereocenters. The monoisotopic (exact) mass is 520 g/mol. The number of amides is 2. The maximum Gasteiger partial charge on any atom is 0.276 e. The van der Waals surface area contributed by atoms with Crippen LogP contribution in [0.15, 0.2) is 48.0 Å². The Bertz CT molecular complexity index is 1130. The SMILES string of the molecule is CN(C)CC(=O)N1CCN(c2ccc(C(=O)Nc3nc(-c4ccccc4Cl)cs3)nc2)CC1.Cl. The van der Waals surface area contributed by atoms with Crippen LogP contribution in [0.1, 0.15) is 10.5 Å². The number of benzene rings is 1. The van der Waals surface area contributed by atoms with Crippen LogP contribution in [0.4, 0.5) is 10.8 Å². The molecule has 4 rings (SSSR count). The number of aromatic nitrogens is 2. The zero-order valence-electron chi connectivity index (χ0n) is 18.9. The predicted molar refractivity (Wildman–Crippen MR) is 139 cm³/mol. The van der Waals surface area contributed by atoms with E-state index >= 15 is 0 Å². The van der Waals surface area contributed by atoms with Crippen LogP contribution in [-0.4, -0.2) is 78.4 Å². The second-order valence-electron chi connectivity index (χ2n) is 7.98. The molecule has 3 heterocycles. The highest BCUT2D eigenvalue weighted by Crippen LogP contribution is 2.30. The number of thiazole rings is 1. The van der Waals surface area contributed by atoms with E-state index < -0.39 is 0 Å². The molecule has 2 aromatic heterocycles. The number of anilines is 2. The highest BCUT2D eigenvalue weighted by Gasteiger charge is 2.22. The third-order valence-electron chi connectivity index (χ3n) is 5.30. The summed E-state index contributed by atoms with van der Waals surface area (Å²) in [6.45, 7) is 3.23. The van der Waals surface area contributed by atoms with Crippen LogP contribution >= 0.6 is 35.3 Å². The van der Waals surface area contributed by atoms with E-state index in [0.717, 1.165) is 24.3 Å². The number of nitrogens with zero attached hydrogens (tertiary/aromatic N) is 5. The number of pyridine rings is 1. The van der Waals surface area contributed by atoms with E-state index in [4.69, 9.17) is 11.6 Å². The fourth-order valence-electron chi connectivity index (χ4n) is 3.58. The average molecular weight is 521 g/mol. The molecule has 0 spiro atoms. The van der Waals surface area contributed by atoms with Crippen LogP contribution in [0.2, 0.25) is 5.02 Å². The number of rotatable bonds is 6. The smallest absolute Gasteiger partial charge is 0.276 e.